The predicted molar refractivity (Wildman–Crippen MR) is 61.8 cm³/mol. The van der Waals surface area contributed by atoms with Gasteiger partial charge in [0.2, 0.25) is 0 Å². The first-order valence-corrected chi connectivity index (χ1v) is 6.21. The minimum Gasteiger partial charge on any atom is -0.399 e. The number of nitrogen functional groups attached to an aromatic ring is 1. The van der Waals surface area contributed by atoms with Crippen molar-refractivity contribution < 1.29 is 4.21 Å². The lowest BCUT2D eigenvalue weighted by molar-refractivity contribution is 0.679. The lowest BCUT2D eigenvalue weighted by Gasteiger charge is -2.05. The average Bonchev–Trinajstić information content (AvgIpc) is 2.14. The average molecular weight is 211 g/mol. The van der Waals surface area contributed by atoms with Gasteiger partial charge in [0.1, 0.15) is 0 Å². The van der Waals surface area contributed by atoms with Crippen LogP contribution in [0.25, 0.3) is 0 Å². The maximum Gasteiger partial charge on any atom is 0.0532 e. The Labute approximate surface area is 88.0 Å². The van der Waals surface area contributed by atoms with Crippen LogP contribution >= 0.6 is 0 Å². The van der Waals surface area contributed by atoms with E-state index < -0.39 is 10.8 Å². The van der Waals surface area contributed by atoms with E-state index in [-0.39, 0.29) is 0 Å². The number of hydrogen-bond donors (Lipinski definition) is 1. The Bertz CT molecular complexity index is 336. The van der Waals surface area contributed by atoms with Crippen molar-refractivity contribution >= 4 is 16.5 Å². The second kappa shape index (κ2) is 5.15. The highest BCUT2D eigenvalue weighted by molar-refractivity contribution is 7.85. The van der Waals surface area contributed by atoms with Gasteiger partial charge in [0, 0.05) is 16.3 Å². The molecule has 0 aliphatic heterocycles. The monoisotopic (exact) mass is 211 g/mol. The van der Waals surface area contributed by atoms with Crippen LogP contribution in [0.4, 0.5) is 5.69 Å². The molecule has 0 aliphatic rings. The Morgan fingerprint density at radius 3 is 2.71 bits per heavy atom. The van der Waals surface area contributed by atoms with Gasteiger partial charge in [-0.2, -0.15) is 0 Å². The van der Waals surface area contributed by atoms with E-state index in [1.807, 2.05) is 25.1 Å². The first-order valence-electron chi connectivity index (χ1n) is 4.89. The molecule has 1 atom stereocenters. The number of anilines is 1. The Balaban J connectivity index is 2.80. The highest BCUT2D eigenvalue weighted by Gasteiger charge is 2.06. The molecule has 1 aromatic carbocycles. The summed E-state index contributed by atoms with van der Waals surface area (Å²) in [6.45, 7) is 4.06. The van der Waals surface area contributed by atoms with E-state index in [0.29, 0.717) is 0 Å². The summed E-state index contributed by atoms with van der Waals surface area (Å²) in [5, 5.41) is 0. The van der Waals surface area contributed by atoms with Crippen molar-refractivity contribution in [3.05, 3.63) is 23.8 Å². The van der Waals surface area contributed by atoms with Gasteiger partial charge in [-0.25, -0.2) is 0 Å². The molecule has 1 rings (SSSR count). The molecule has 2 N–H and O–H groups in total. The smallest absolute Gasteiger partial charge is 0.0532 e. The Kier molecular flexibility index (Phi) is 4.14. The highest BCUT2D eigenvalue weighted by Crippen LogP contribution is 2.17. The van der Waals surface area contributed by atoms with Gasteiger partial charge in [-0.05, 0) is 37.1 Å². The van der Waals surface area contributed by atoms with Crippen molar-refractivity contribution in [2.24, 2.45) is 0 Å². The molecule has 0 saturated carbocycles. The van der Waals surface area contributed by atoms with Crippen LogP contribution in [0, 0.1) is 6.92 Å². The molecule has 0 fully saturated rings. The molecule has 1 unspecified atom stereocenters. The van der Waals surface area contributed by atoms with Crippen LogP contribution in [-0.4, -0.2) is 9.96 Å². The molecular weight excluding hydrogens is 194 g/mol. The van der Waals surface area contributed by atoms with Crippen LogP contribution in [0.15, 0.2) is 23.1 Å². The summed E-state index contributed by atoms with van der Waals surface area (Å²) in [4.78, 5) is 0.924. The SMILES string of the molecule is CCCCS(=O)c1ccc(N)cc1C. The van der Waals surface area contributed by atoms with E-state index in [9.17, 15) is 4.21 Å². The number of rotatable bonds is 4. The Hall–Kier alpha value is -0.830. The van der Waals surface area contributed by atoms with E-state index >= 15 is 0 Å². The van der Waals surface area contributed by atoms with Crippen molar-refractivity contribution in [2.75, 3.05) is 11.5 Å². The summed E-state index contributed by atoms with van der Waals surface area (Å²) in [6.07, 6.45) is 2.09. The number of aryl methyl sites for hydroxylation is 1. The van der Waals surface area contributed by atoms with Crippen LogP contribution in [0.5, 0.6) is 0 Å². The second-order valence-corrected chi connectivity index (χ2v) is 4.97. The molecule has 0 bridgehead atoms. The minimum absolute atomic E-state index is 0.735. The van der Waals surface area contributed by atoms with Gasteiger partial charge in [-0.15, -0.1) is 0 Å². The van der Waals surface area contributed by atoms with Crippen LogP contribution in [0.1, 0.15) is 25.3 Å². The molecule has 0 spiro atoms. The van der Waals surface area contributed by atoms with Crippen LogP contribution < -0.4 is 5.73 Å². The van der Waals surface area contributed by atoms with Gasteiger partial charge >= 0.3 is 0 Å². The Morgan fingerprint density at radius 1 is 1.43 bits per heavy atom. The molecule has 1 aromatic rings. The number of unbranched alkanes of at least 4 members (excludes halogenated alkanes) is 1. The molecule has 2 nitrogen and oxygen atoms in total. The van der Waals surface area contributed by atoms with Crippen molar-refractivity contribution in [1.82, 2.24) is 0 Å². The number of benzene rings is 1. The summed E-state index contributed by atoms with van der Waals surface area (Å²) >= 11 is 0. The summed E-state index contributed by atoms with van der Waals surface area (Å²) < 4.78 is 11.8. The molecule has 0 aliphatic carbocycles. The van der Waals surface area contributed by atoms with Gasteiger partial charge in [0.05, 0.1) is 10.8 Å². The molecule has 0 saturated heterocycles. The van der Waals surface area contributed by atoms with Crippen LogP contribution in [0.3, 0.4) is 0 Å². The molecule has 0 aromatic heterocycles. The summed E-state index contributed by atoms with van der Waals surface area (Å²) in [5.74, 6) is 0.751. The molecule has 14 heavy (non-hydrogen) atoms. The topological polar surface area (TPSA) is 43.1 Å². The fourth-order valence-corrected chi connectivity index (χ4v) is 2.72. The van der Waals surface area contributed by atoms with Gasteiger partial charge in [0.15, 0.2) is 0 Å². The van der Waals surface area contributed by atoms with Gasteiger partial charge in [-0.3, -0.25) is 4.21 Å². The van der Waals surface area contributed by atoms with E-state index in [4.69, 9.17) is 5.73 Å². The summed E-state index contributed by atoms with van der Waals surface area (Å²) in [6, 6.07) is 5.56. The maximum atomic E-state index is 11.8. The fourth-order valence-electron chi connectivity index (χ4n) is 1.31. The van der Waals surface area contributed by atoms with E-state index in [2.05, 4.69) is 6.92 Å². The first kappa shape index (κ1) is 11.2. The third-order valence-electron chi connectivity index (χ3n) is 2.13. The lowest BCUT2D eigenvalue weighted by atomic mass is 10.2. The highest BCUT2D eigenvalue weighted by atomic mass is 32.2. The number of nitrogens with two attached hydrogens (primary N) is 1. The van der Waals surface area contributed by atoms with E-state index in [1.165, 1.54) is 0 Å². The van der Waals surface area contributed by atoms with Crippen molar-refractivity contribution in [3.63, 3.8) is 0 Å². The largest absolute Gasteiger partial charge is 0.399 e. The molecular formula is C11H17NOS. The van der Waals surface area contributed by atoms with Gasteiger partial charge < -0.3 is 5.73 Å². The van der Waals surface area contributed by atoms with Gasteiger partial charge in [0.25, 0.3) is 0 Å². The van der Waals surface area contributed by atoms with E-state index in [0.717, 1.165) is 34.7 Å². The second-order valence-electron chi connectivity index (χ2n) is 3.43. The maximum absolute atomic E-state index is 11.8. The zero-order chi connectivity index (χ0) is 10.6. The zero-order valence-electron chi connectivity index (χ0n) is 8.75. The Morgan fingerprint density at radius 2 is 2.14 bits per heavy atom. The normalized spacial score (nSPS) is 12.7. The molecule has 3 heteroatoms. The van der Waals surface area contributed by atoms with Crippen molar-refractivity contribution in [1.29, 1.82) is 0 Å². The molecule has 0 heterocycles. The van der Waals surface area contributed by atoms with E-state index in [1.54, 1.807) is 0 Å². The van der Waals surface area contributed by atoms with Gasteiger partial charge in [-0.1, -0.05) is 13.3 Å². The fraction of sp³-hybridized carbons (Fsp3) is 0.455. The molecule has 0 amide bonds. The summed E-state index contributed by atoms with van der Waals surface area (Å²) in [7, 11) is -0.859. The standard InChI is InChI=1S/C11H17NOS/c1-3-4-7-14(13)11-6-5-10(12)8-9(11)2/h5-6,8H,3-4,7,12H2,1-2H3. The molecule has 78 valence electrons. The quantitative estimate of drug-likeness (QED) is 0.777. The lowest BCUT2D eigenvalue weighted by Crippen LogP contribution is -2.00. The third kappa shape index (κ3) is 2.84. The summed E-state index contributed by atoms with van der Waals surface area (Å²) in [5.41, 5.74) is 7.39. The zero-order valence-corrected chi connectivity index (χ0v) is 9.56. The first-order chi connectivity index (χ1) is 6.65. The van der Waals surface area contributed by atoms with Crippen LogP contribution in [0.2, 0.25) is 0 Å². The van der Waals surface area contributed by atoms with Crippen molar-refractivity contribution in [2.45, 2.75) is 31.6 Å². The predicted octanol–water partition coefficient (Wildman–Crippen LogP) is 2.48. The van der Waals surface area contributed by atoms with Crippen LogP contribution in [-0.2, 0) is 10.8 Å². The molecule has 0 radical (unpaired) electrons. The minimum atomic E-state index is -0.859. The van der Waals surface area contributed by atoms with Crippen molar-refractivity contribution in [3.8, 4) is 0 Å². The third-order valence-corrected chi connectivity index (χ3v) is 3.74. The number of hydrogen-bond acceptors (Lipinski definition) is 2.